The van der Waals surface area contributed by atoms with Gasteiger partial charge in [0.25, 0.3) is 5.91 Å². The molecule has 1 saturated heterocycles. The van der Waals surface area contributed by atoms with Crippen LogP contribution in [0.2, 0.25) is 0 Å². The van der Waals surface area contributed by atoms with Crippen LogP contribution in [-0.2, 0) is 16.1 Å². The summed E-state index contributed by atoms with van der Waals surface area (Å²) in [4.78, 5) is 23.1. The van der Waals surface area contributed by atoms with E-state index in [2.05, 4.69) is 9.97 Å². The van der Waals surface area contributed by atoms with Gasteiger partial charge in [0, 0.05) is 25.4 Å². The highest BCUT2D eigenvalue weighted by Crippen LogP contribution is 2.22. The lowest BCUT2D eigenvalue weighted by molar-refractivity contribution is -0.0248. The average Bonchev–Trinajstić information content (AvgIpc) is 2.62. The third-order valence-electron chi connectivity index (χ3n) is 3.97. The third-order valence-corrected chi connectivity index (χ3v) is 3.97. The molecule has 24 heavy (non-hydrogen) atoms. The summed E-state index contributed by atoms with van der Waals surface area (Å²) in [7, 11) is 1.64. The molecule has 6 heteroatoms. The first-order chi connectivity index (χ1) is 11.7. The molecule has 0 N–H and O–H groups in total. The van der Waals surface area contributed by atoms with Crippen LogP contribution in [0.15, 0.2) is 36.5 Å². The molecular formula is C18H21N3O3. The summed E-state index contributed by atoms with van der Waals surface area (Å²) in [6.45, 7) is 3.90. The fourth-order valence-corrected chi connectivity index (χ4v) is 2.81. The lowest BCUT2D eigenvalue weighted by Crippen LogP contribution is -2.42. The van der Waals surface area contributed by atoms with Crippen LogP contribution in [0.1, 0.15) is 33.5 Å². The maximum atomic E-state index is 12.8. The minimum atomic E-state index is -0.216. The molecule has 0 bridgehead atoms. The highest BCUT2D eigenvalue weighted by molar-refractivity contribution is 5.94. The van der Waals surface area contributed by atoms with Crippen molar-refractivity contribution in [3.63, 3.8) is 0 Å². The van der Waals surface area contributed by atoms with E-state index in [1.807, 2.05) is 42.2 Å². The Hall–Kier alpha value is -2.31. The Kier molecular flexibility index (Phi) is 5.17. The van der Waals surface area contributed by atoms with E-state index in [0.717, 1.165) is 11.3 Å². The van der Waals surface area contributed by atoms with E-state index in [4.69, 9.17) is 9.47 Å². The number of hydrogen-bond donors (Lipinski definition) is 0. The molecule has 3 rings (SSSR count). The van der Waals surface area contributed by atoms with Crippen molar-refractivity contribution >= 4 is 5.91 Å². The molecule has 6 nitrogen and oxygen atoms in total. The Morgan fingerprint density at radius 2 is 2.29 bits per heavy atom. The number of hydrogen-bond acceptors (Lipinski definition) is 5. The van der Waals surface area contributed by atoms with Crippen LogP contribution in [0.4, 0.5) is 0 Å². The van der Waals surface area contributed by atoms with Crippen molar-refractivity contribution in [1.29, 1.82) is 0 Å². The second-order valence-electron chi connectivity index (χ2n) is 5.77. The number of nitrogens with zero attached hydrogens (tertiary/aromatic N) is 3. The predicted octanol–water partition coefficient (Wildman–Crippen LogP) is 2.15. The van der Waals surface area contributed by atoms with Crippen molar-refractivity contribution in [2.75, 3.05) is 26.8 Å². The van der Waals surface area contributed by atoms with Crippen LogP contribution in [0.3, 0.4) is 0 Å². The maximum Gasteiger partial charge on any atom is 0.254 e. The number of methoxy groups -OCH3 is 1. The van der Waals surface area contributed by atoms with E-state index >= 15 is 0 Å². The van der Waals surface area contributed by atoms with Gasteiger partial charge in [0.2, 0.25) is 0 Å². The molecule has 1 atom stereocenters. The predicted molar refractivity (Wildman–Crippen MR) is 88.5 cm³/mol. The number of carbonyl (C=O) groups is 1. The Morgan fingerprint density at radius 3 is 3.08 bits per heavy atom. The number of benzene rings is 1. The monoisotopic (exact) mass is 327 g/mol. The summed E-state index contributed by atoms with van der Waals surface area (Å²) < 4.78 is 10.9. The summed E-state index contributed by atoms with van der Waals surface area (Å²) in [6, 6.07) is 9.39. The molecule has 0 saturated carbocycles. The van der Waals surface area contributed by atoms with E-state index in [-0.39, 0.29) is 12.0 Å². The first-order valence-corrected chi connectivity index (χ1v) is 7.95. The topological polar surface area (TPSA) is 64.5 Å². The van der Waals surface area contributed by atoms with Gasteiger partial charge in [-0.05, 0) is 30.7 Å². The van der Waals surface area contributed by atoms with Gasteiger partial charge in [-0.1, -0.05) is 12.1 Å². The van der Waals surface area contributed by atoms with E-state index in [1.165, 1.54) is 0 Å². The largest absolute Gasteiger partial charge is 0.380 e. The fraction of sp³-hybridized carbons (Fsp3) is 0.389. The lowest BCUT2D eigenvalue weighted by atomic mass is 10.1. The summed E-state index contributed by atoms with van der Waals surface area (Å²) in [6.07, 6.45) is 1.50. The summed E-state index contributed by atoms with van der Waals surface area (Å²) in [5.74, 6) is 0.707. The molecule has 1 fully saturated rings. The fourth-order valence-electron chi connectivity index (χ4n) is 2.81. The highest BCUT2D eigenvalue weighted by Gasteiger charge is 2.27. The zero-order valence-electron chi connectivity index (χ0n) is 13.9. The number of aromatic nitrogens is 2. The average molecular weight is 327 g/mol. The third kappa shape index (κ3) is 3.77. The van der Waals surface area contributed by atoms with Gasteiger partial charge >= 0.3 is 0 Å². The van der Waals surface area contributed by atoms with Crippen LogP contribution in [0, 0.1) is 6.92 Å². The molecule has 1 aromatic carbocycles. The molecule has 2 heterocycles. The first kappa shape index (κ1) is 16.5. The van der Waals surface area contributed by atoms with Gasteiger partial charge in [0.1, 0.15) is 11.9 Å². The van der Waals surface area contributed by atoms with Gasteiger partial charge < -0.3 is 14.4 Å². The van der Waals surface area contributed by atoms with Gasteiger partial charge in [-0.25, -0.2) is 9.97 Å². The van der Waals surface area contributed by atoms with Crippen molar-refractivity contribution in [3.05, 3.63) is 59.2 Å². The molecular weight excluding hydrogens is 306 g/mol. The standard InChI is InChI=1S/C18H21N3O3/c1-13-19-7-6-16(20-13)17-11-21(8-9-24-17)18(22)15-5-3-4-14(10-15)12-23-2/h3-7,10,17H,8-9,11-12H2,1-2H3/t17-/m0/s1. The Balaban J connectivity index is 1.74. The molecule has 0 radical (unpaired) electrons. The second kappa shape index (κ2) is 7.51. The van der Waals surface area contributed by atoms with Gasteiger partial charge in [-0.2, -0.15) is 0 Å². The van der Waals surface area contributed by atoms with E-state index in [1.54, 1.807) is 13.3 Å². The van der Waals surface area contributed by atoms with Gasteiger partial charge in [-0.3, -0.25) is 4.79 Å². The zero-order chi connectivity index (χ0) is 16.9. The number of aryl methyl sites for hydroxylation is 1. The SMILES string of the molecule is COCc1cccc(C(=O)N2CCO[C@H](c3ccnc(C)n3)C2)c1. The molecule has 0 unspecified atom stereocenters. The van der Waals surface area contributed by atoms with Gasteiger partial charge in [0.15, 0.2) is 0 Å². The number of carbonyl (C=O) groups excluding carboxylic acids is 1. The second-order valence-corrected chi connectivity index (χ2v) is 5.77. The first-order valence-electron chi connectivity index (χ1n) is 7.95. The Bertz CT molecular complexity index is 720. The number of ether oxygens (including phenoxy) is 2. The van der Waals surface area contributed by atoms with Crippen molar-refractivity contribution in [2.45, 2.75) is 19.6 Å². The van der Waals surface area contributed by atoms with Crippen molar-refractivity contribution in [2.24, 2.45) is 0 Å². The number of rotatable bonds is 4. The van der Waals surface area contributed by atoms with Crippen molar-refractivity contribution in [1.82, 2.24) is 14.9 Å². The van der Waals surface area contributed by atoms with Crippen molar-refractivity contribution < 1.29 is 14.3 Å². The lowest BCUT2D eigenvalue weighted by Gasteiger charge is -2.32. The molecule has 126 valence electrons. The van der Waals surface area contributed by atoms with Crippen LogP contribution < -0.4 is 0 Å². The molecule has 0 spiro atoms. The van der Waals surface area contributed by atoms with Crippen LogP contribution >= 0.6 is 0 Å². The Labute approximate surface area is 141 Å². The van der Waals surface area contributed by atoms with Gasteiger partial charge in [-0.15, -0.1) is 0 Å². The highest BCUT2D eigenvalue weighted by atomic mass is 16.5. The summed E-state index contributed by atoms with van der Waals surface area (Å²) in [5.41, 5.74) is 2.47. The summed E-state index contributed by atoms with van der Waals surface area (Å²) in [5, 5.41) is 0. The van der Waals surface area contributed by atoms with E-state index in [0.29, 0.717) is 37.7 Å². The summed E-state index contributed by atoms with van der Waals surface area (Å²) >= 11 is 0. The molecule has 2 aromatic rings. The van der Waals surface area contributed by atoms with E-state index < -0.39 is 0 Å². The molecule has 1 aromatic heterocycles. The van der Waals surface area contributed by atoms with Crippen molar-refractivity contribution in [3.8, 4) is 0 Å². The number of morpholine rings is 1. The number of amides is 1. The van der Waals surface area contributed by atoms with Crippen LogP contribution in [-0.4, -0.2) is 47.6 Å². The quantitative estimate of drug-likeness (QED) is 0.861. The molecule has 0 aliphatic carbocycles. The molecule has 1 aliphatic rings. The normalized spacial score (nSPS) is 17.8. The minimum absolute atomic E-state index is 0.00651. The molecule has 1 amide bonds. The van der Waals surface area contributed by atoms with Crippen LogP contribution in [0.25, 0.3) is 0 Å². The Morgan fingerprint density at radius 1 is 1.42 bits per heavy atom. The molecule has 1 aliphatic heterocycles. The minimum Gasteiger partial charge on any atom is -0.380 e. The van der Waals surface area contributed by atoms with Crippen LogP contribution in [0.5, 0.6) is 0 Å². The maximum absolute atomic E-state index is 12.8. The smallest absolute Gasteiger partial charge is 0.254 e. The van der Waals surface area contributed by atoms with Gasteiger partial charge in [0.05, 0.1) is 25.5 Å². The van der Waals surface area contributed by atoms with E-state index in [9.17, 15) is 4.79 Å². The zero-order valence-corrected chi connectivity index (χ0v) is 13.9.